The third kappa shape index (κ3) is 43.1. The Kier molecular flexibility index (Phi) is 43.4. The molecule has 0 bridgehead atoms. The Morgan fingerprint density at radius 2 is 0.600 bits per heavy atom. The van der Waals surface area contributed by atoms with Gasteiger partial charge in [-0.05, 0) is 44.9 Å². The zero-order valence-electron chi connectivity index (χ0n) is 37.0. The molecule has 0 rings (SSSR count). The van der Waals surface area contributed by atoms with Crippen LogP contribution in [0.1, 0.15) is 265 Å². The number of rotatable bonds is 44. The number of hydrogen-bond donors (Lipinski definition) is 0. The van der Waals surface area contributed by atoms with E-state index in [9.17, 15) is 14.4 Å². The zero-order valence-corrected chi connectivity index (χ0v) is 37.0. The molecular formula is C49H92O6. The van der Waals surface area contributed by atoms with E-state index >= 15 is 0 Å². The first-order chi connectivity index (χ1) is 27.0. The smallest absolute Gasteiger partial charge is 0.306 e. The molecule has 0 saturated heterocycles. The maximum Gasteiger partial charge on any atom is 0.306 e. The maximum absolute atomic E-state index is 12.6. The first kappa shape index (κ1) is 53.1. The highest BCUT2D eigenvalue weighted by atomic mass is 16.6. The van der Waals surface area contributed by atoms with Crippen molar-refractivity contribution in [2.75, 3.05) is 13.2 Å². The molecule has 6 nitrogen and oxygen atoms in total. The minimum absolute atomic E-state index is 0.0675. The highest BCUT2D eigenvalue weighted by molar-refractivity contribution is 5.71. The van der Waals surface area contributed by atoms with Crippen LogP contribution in [0.4, 0.5) is 0 Å². The first-order valence-electron chi connectivity index (χ1n) is 24.2. The van der Waals surface area contributed by atoms with Gasteiger partial charge < -0.3 is 14.2 Å². The van der Waals surface area contributed by atoms with Crippen molar-refractivity contribution in [2.24, 2.45) is 0 Å². The Hall–Kier alpha value is -1.85. The summed E-state index contributed by atoms with van der Waals surface area (Å²) in [7, 11) is 0. The molecule has 0 aliphatic rings. The molecule has 0 saturated carbocycles. The molecule has 0 radical (unpaired) electrons. The Bertz CT molecular complexity index is 854. The second-order valence-corrected chi connectivity index (χ2v) is 16.4. The van der Waals surface area contributed by atoms with Crippen LogP contribution in [0.15, 0.2) is 12.2 Å². The van der Waals surface area contributed by atoms with Gasteiger partial charge >= 0.3 is 17.9 Å². The van der Waals surface area contributed by atoms with Crippen LogP contribution in [-0.2, 0) is 28.6 Å². The summed E-state index contributed by atoms with van der Waals surface area (Å²) in [6.45, 7) is 6.58. The molecule has 1 atom stereocenters. The van der Waals surface area contributed by atoms with Crippen molar-refractivity contribution < 1.29 is 28.6 Å². The zero-order chi connectivity index (χ0) is 40.1. The summed E-state index contributed by atoms with van der Waals surface area (Å²) in [4.78, 5) is 37.5. The van der Waals surface area contributed by atoms with E-state index in [4.69, 9.17) is 14.2 Å². The molecule has 0 aliphatic heterocycles. The topological polar surface area (TPSA) is 78.9 Å². The Labute approximate surface area is 341 Å². The molecule has 55 heavy (non-hydrogen) atoms. The normalized spacial score (nSPS) is 12.0. The summed E-state index contributed by atoms with van der Waals surface area (Å²) in [5, 5.41) is 0. The SMILES string of the molecule is CCCCCCCCCC/C=C\CCCCCCCCCCCC(=O)OCC(COC(=O)CCCCCCCC)OC(=O)CCCCCCCCCCCC. The predicted molar refractivity (Wildman–Crippen MR) is 233 cm³/mol. The third-order valence-corrected chi connectivity index (χ3v) is 10.8. The van der Waals surface area contributed by atoms with E-state index in [1.807, 2.05) is 0 Å². The molecule has 0 fully saturated rings. The number of allylic oxidation sites excluding steroid dienone is 2. The Morgan fingerprint density at radius 1 is 0.345 bits per heavy atom. The number of unbranched alkanes of at least 4 members (excludes halogenated alkanes) is 31. The van der Waals surface area contributed by atoms with Crippen molar-refractivity contribution in [2.45, 2.75) is 271 Å². The van der Waals surface area contributed by atoms with Crippen molar-refractivity contribution in [3.8, 4) is 0 Å². The van der Waals surface area contributed by atoms with Crippen LogP contribution >= 0.6 is 0 Å². The molecular weight excluding hydrogens is 685 g/mol. The lowest BCUT2D eigenvalue weighted by Gasteiger charge is -2.18. The van der Waals surface area contributed by atoms with Crippen LogP contribution in [0.25, 0.3) is 0 Å². The van der Waals surface area contributed by atoms with E-state index in [1.54, 1.807) is 0 Å². The first-order valence-corrected chi connectivity index (χ1v) is 24.2. The van der Waals surface area contributed by atoms with E-state index < -0.39 is 6.10 Å². The number of esters is 3. The second kappa shape index (κ2) is 44.9. The molecule has 1 unspecified atom stereocenters. The van der Waals surface area contributed by atoms with Gasteiger partial charge in [0, 0.05) is 19.3 Å². The van der Waals surface area contributed by atoms with Crippen molar-refractivity contribution >= 4 is 17.9 Å². The second-order valence-electron chi connectivity index (χ2n) is 16.4. The Morgan fingerprint density at radius 3 is 0.909 bits per heavy atom. The molecule has 0 amide bonds. The van der Waals surface area contributed by atoms with Crippen LogP contribution in [0, 0.1) is 0 Å². The van der Waals surface area contributed by atoms with Gasteiger partial charge in [-0.3, -0.25) is 14.4 Å². The monoisotopic (exact) mass is 777 g/mol. The van der Waals surface area contributed by atoms with Gasteiger partial charge in [0.15, 0.2) is 6.10 Å². The van der Waals surface area contributed by atoms with Crippen LogP contribution in [0.5, 0.6) is 0 Å². The highest BCUT2D eigenvalue weighted by Crippen LogP contribution is 2.15. The molecule has 6 heteroatoms. The van der Waals surface area contributed by atoms with Gasteiger partial charge in [0.1, 0.15) is 13.2 Å². The standard InChI is InChI=1S/C49H92O6/c1-4-7-10-13-16-18-20-21-22-23-24-25-26-27-28-29-30-32-33-36-39-42-48(51)54-45-46(44-53-47(50)41-38-35-15-12-9-6-3)55-49(52)43-40-37-34-31-19-17-14-11-8-5-2/h23-24,46H,4-22,25-45H2,1-3H3/b24-23-. The summed E-state index contributed by atoms with van der Waals surface area (Å²) >= 11 is 0. The summed E-state index contributed by atoms with van der Waals surface area (Å²) in [5.41, 5.74) is 0. The molecule has 324 valence electrons. The molecule has 0 spiro atoms. The minimum atomic E-state index is -0.760. The summed E-state index contributed by atoms with van der Waals surface area (Å²) in [6, 6.07) is 0. The molecule has 0 aromatic carbocycles. The largest absolute Gasteiger partial charge is 0.462 e. The molecule has 0 aliphatic carbocycles. The fraction of sp³-hybridized carbons (Fsp3) is 0.898. The van der Waals surface area contributed by atoms with Crippen molar-refractivity contribution in [1.82, 2.24) is 0 Å². The number of carbonyl (C=O) groups excluding carboxylic acids is 3. The lowest BCUT2D eigenvalue weighted by atomic mass is 10.1. The van der Waals surface area contributed by atoms with Crippen molar-refractivity contribution in [3.05, 3.63) is 12.2 Å². The van der Waals surface area contributed by atoms with Crippen LogP contribution < -0.4 is 0 Å². The van der Waals surface area contributed by atoms with Crippen LogP contribution in [0.2, 0.25) is 0 Å². The van der Waals surface area contributed by atoms with Gasteiger partial charge in [0.2, 0.25) is 0 Å². The lowest BCUT2D eigenvalue weighted by molar-refractivity contribution is -0.167. The van der Waals surface area contributed by atoms with Gasteiger partial charge in [-0.1, -0.05) is 213 Å². The lowest BCUT2D eigenvalue weighted by Crippen LogP contribution is -2.30. The third-order valence-electron chi connectivity index (χ3n) is 10.8. The number of ether oxygens (including phenoxy) is 3. The van der Waals surface area contributed by atoms with Crippen LogP contribution in [0.3, 0.4) is 0 Å². The average Bonchev–Trinajstić information content (AvgIpc) is 3.18. The molecule has 0 heterocycles. The van der Waals surface area contributed by atoms with Crippen molar-refractivity contribution in [1.29, 1.82) is 0 Å². The van der Waals surface area contributed by atoms with E-state index in [1.165, 1.54) is 167 Å². The van der Waals surface area contributed by atoms with Gasteiger partial charge in [0.25, 0.3) is 0 Å². The van der Waals surface area contributed by atoms with Crippen LogP contribution in [-0.4, -0.2) is 37.2 Å². The van der Waals surface area contributed by atoms with E-state index in [0.29, 0.717) is 19.3 Å². The summed E-state index contributed by atoms with van der Waals surface area (Å²) < 4.78 is 16.6. The van der Waals surface area contributed by atoms with E-state index in [2.05, 4.69) is 32.9 Å². The van der Waals surface area contributed by atoms with E-state index in [0.717, 1.165) is 57.8 Å². The average molecular weight is 777 g/mol. The molecule has 0 aromatic heterocycles. The van der Waals surface area contributed by atoms with Gasteiger partial charge in [0.05, 0.1) is 0 Å². The van der Waals surface area contributed by atoms with Gasteiger partial charge in [-0.25, -0.2) is 0 Å². The van der Waals surface area contributed by atoms with Crippen molar-refractivity contribution in [3.63, 3.8) is 0 Å². The Balaban J connectivity index is 4.10. The van der Waals surface area contributed by atoms with E-state index in [-0.39, 0.29) is 31.1 Å². The highest BCUT2D eigenvalue weighted by Gasteiger charge is 2.19. The quantitative estimate of drug-likeness (QED) is 0.0265. The van der Waals surface area contributed by atoms with Gasteiger partial charge in [-0.15, -0.1) is 0 Å². The number of carbonyl (C=O) groups is 3. The maximum atomic E-state index is 12.6. The number of hydrogen-bond acceptors (Lipinski definition) is 6. The van der Waals surface area contributed by atoms with Gasteiger partial charge in [-0.2, -0.15) is 0 Å². The molecule has 0 aromatic rings. The molecule has 0 N–H and O–H groups in total. The minimum Gasteiger partial charge on any atom is -0.462 e. The fourth-order valence-corrected chi connectivity index (χ4v) is 7.08. The fourth-order valence-electron chi connectivity index (χ4n) is 7.08. The summed E-state index contributed by atoms with van der Waals surface area (Å²) in [5.74, 6) is -0.871. The summed E-state index contributed by atoms with van der Waals surface area (Å²) in [6.07, 6.45) is 48.0. The predicted octanol–water partition coefficient (Wildman–Crippen LogP) is 15.4.